The summed E-state index contributed by atoms with van der Waals surface area (Å²) in [7, 11) is 0. The summed E-state index contributed by atoms with van der Waals surface area (Å²) < 4.78 is 1.72. The summed E-state index contributed by atoms with van der Waals surface area (Å²) in [5.41, 5.74) is 1.14. The molecule has 1 aromatic rings. The SMILES string of the molecule is CC(C)c1cnn(C(CC#N)CC#N)c1. The Bertz CT molecular complexity index is 375. The predicted octanol–water partition coefficient (Wildman–Crippen LogP) is 2.37. The largest absolute Gasteiger partial charge is 0.267 e. The molecule has 0 N–H and O–H groups in total. The second-order valence-electron chi connectivity index (χ2n) is 3.79. The molecule has 0 aliphatic rings. The van der Waals surface area contributed by atoms with Crippen LogP contribution >= 0.6 is 0 Å². The zero-order valence-corrected chi connectivity index (χ0v) is 9.01. The van der Waals surface area contributed by atoms with Gasteiger partial charge in [0.25, 0.3) is 0 Å². The highest BCUT2D eigenvalue weighted by molar-refractivity contribution is 5.09. The van der Waals surface area contributed by atoms with E-state index >= 15 is 0 Å². The standard InChI is InChI=1S/C11H14N4/c1-9(2)10-7-14-15(8-10)11(3-5-12)4-6-13/h7-9,11H,3-4H2,1-2H3. The first-order valence-corrected chi connectivity index (χ1v) is 4.97. The van der Waals surface area contributed by atoms with Crippen molar-refractivity contribution < 1.29 is 0 Å². The van der Waals surface area contributed by atoms with Crippen molar-refractivity contribution in [1.29, 1.82) is 10.5 Å². The van der Waals surface area contributed by atoms with Crippen LogP contribution in [0.3, 0.4) is 0 Å². The molecular formula is C11H14N4. The molecule has 0 fully saturated rings. The Morgan fingerprint density at radius 2 is 1.93 bits per heavy atom. The fourth-order valence-corrected chi connectivity index (χ4v) is 1.32. The molecule has 0 aromatic carbocycles. The van der Waals surface area contributed by atoms with E-state index in [1.165, 1.54) is 0 Å². The fourth-order valence-electron chi connectivity index (χ4n) is 1.32. The fraction of sp³-hybridized carbons (Fsp3) is 0.545. The maximum Gasteiger partial charge on any atom is 0.0778 e. The number of rotatable bonds is 4. The van der Waals surface area contributed by atoms with Gasteiger partial charge >= 0.3 is 0 Å². The number of hydrogen-bond acceptors (Lipinski definition) is 3. The van der Waals surface area contributed by atoms with Gasteiger partial charge < -0.3 is 0 Å². The first kappa shape index (κ1) is 11.3. The van der Waals surface area contributed by atoms with Crippen molar-refractivity contribution in [1.82, 2.24) is 9.78 Å². The minimum atomic E-state index is -0.118. The second-order valence-corrected chi connectivity index (χ2v) is 3.79. The third-order valence-corrected chi connectivity index (χ3v) is 2.32. The van der Waals surface area contributed by atoms with E-state index in [-0.39, 0.29) is 6.04 Å². The number of aromatic nitrogens is 2. The molecule has 78 valence electrons. The van der Waals surface area contributed by atoms with Crippen molar-refractivity contribution in [3.8, 4) is 12.1 Å². The highest BCUT2D eigenvalue weighted by Gasteiger charge is 2.12. The van der Waals surface area contributed by atoms with Gasteiger partial charge in [-0.15, -0.1) is 0 Å². The molecule has 0 saturated carbocycles. The van der Waals surface area contributed by atoms with Crippen molar-refractivity contribution in [2.45, 2.75) is 38.6 Å². The van der Waals surface area contributed by atoms with Gasteiger partial charge in [-0.3, -0.25) is 4.68 Å². The van der Waals surface area contributed by atoms with Crippen LogP contribution in [-0.4, -0.2) is 9.78 Å². The maximum atomic E-state index is 8.64. The number of nitriles is 2. The molecule has 0 aliphatic heterocycles. The van der Waals surface area contributed by atoms with E-state index in [0.29, 0.717) is 18.8 Å². The van der Waals surface area contributed by atoms with Crippen molar-refractivity contribution >= 4 is 0 Å². The lowest BCUT2D eigenvalue weighted by Crippen LogP contribution is -2.08. The smallest absolute Gasteiger partial charge is 0.0778 e. The van der Waals surface area contributed by atoms with Crippen LogP contribution in [-0.2, 0) is 0 Å². The number of nitrogens with zero attached hydrogens (tertiary/aromatic N) is 4. The lowest BCUT2D eigenvalue weighted by atomic mass is 10.1. The van der Waals surface area contributed by atoms with Crippen molar-refractivity contribution in [2.75, 3.05) is 0 Å². The Kier molecular flexibility index (Phi) is 3.88. The zero-order chi connectivity index (χ0) is 11.3. The van der Waals surface area contributed by atoms with Gasteiger partial charge in [-0.2, -0.15) is 15.6 Å². The van der Waals surface area contributed by atoms with Gasteiger partial charge in [0.2, 0.25) is 0 Å². The van der Waals surface area contributed by atoms with E-state index in [4.69, 9.17) is 10.5 Å². The number of hydrogen-bond donors (Lipinski definition) is 0. The zero-order valence-electron chi connectivity index (χ0n) is 9.01. The summed E-state index contributed by atoms with van der Waals surface area (Å²) in [5, 5.41) is 21.5. The van der Waals surface area contributed by atoms with E-state index < -0.39 is 0 Å². The first-order chi connectivity index (χ1) is 7.19. The molecule has 0 unspecified atom stereocenters. The maximum absolute atomic E-state index is 8.64. The topological polar surface area (TPSA) is 65.4 Å². The van der Waals surface area contributed by atoms with Crippen molar-refractivity contribution in [2.24, 2.45) is 0 Å². The summed E-state index contributed by atoms with van der Waals surface area (Å²) in [6, 6.07) is 4.04. The molecule has 1 aromatic heterocycles. The predicted molar refractivity (Wildman–Crippen MR) is 55.8 cm³/mol. The summed E-state index contributed by atoms with van der Waals surface area (Å²) in [4.78, 5) is 0. The lowest BCUT2D eigenvalue weighted by Gasteiger charge is -2.09. The Morgan fingerprint density at radius 1 is 1.33 bits per heavy atom. The molecule has 0 aliphatic carbocycles. The van der Waals surface area contributed by atoms with Gasteiger partial charge in [0, 0.05) is 6.20 Å². The molecule has 0 bridgehead atoms. The van der Waals surface area contributed by atoms with Gasteiger partial charge in [-0.1, -0.05) is 13.8 Å². The second kappa shape index (κ2) is 5.17. The van der Waals surface area contributed by atoms with Crippen LogP contribution in [0.15, 0.2) is 12.4 Å². The Hall–Kier alpha value is -1.81. The highest BCUT2D eigenvalue weighted by Crippen LogP contribution is 2.18. The molecule has 0 spiro atoms. The lowest BCUT2D eigenvalue weighted by molar-refractivity contribution is 0.469. The minimum Gasteiger partial charge on any atom is -0.267 e. The van der Waals surface area contributed by atoms with E-state index in [2.05, 4.69) is 31.1 Å². The first-order valence-electron chi connectivity index (χ1n) is 4.97. The quantitative estimate of drug-likeness (QED) is 0.752. The van der Waals surface area contributed by atoms with Gasteiger partial charge in [-0.05, 0) is 11.5 Å². The average Bonchev–Trinajstić information content (AvgIpc) is 2.66. The summed E-state index contributed by atoms with van der Waals surface area (Å²) in [5.74, 6) is 0.420. The molecule has 1 heterocycles. The molecule has 0 saturated heterocycles. The molecular weight excluding hydrogens is 188 g/mol. The molecule has 0 amide bonds. The third kappa shape index (κ3) is 2.82. The monoisotopic (exact) mass is 202 g/mol. The molecule has 1 rings (SSSR count). The molecule has 0 radical (unpaired) electrons. The Balaban J connectivity index is 2.83. The summed E-state index contributed by atoms with van der Waals surface area (Å²) in [6.07, 6.45) is 4.37. The van der Waals surface area contributed by atoms with Crippen LogP contribution in [0, 0.1) is 22.7 Å². The van der Waals surface area contributed by atoms with Gasteiger partial charge in [0.1, 0.15) is 0 Å². The van der Waals surface area contributed by atoms with E-state index in [1.807, 2.05) is 6.20 Å². The van der Waals surface area contributed by atoms with Crippen LogP contribution in [0.4, 0.5) is 0 Å². The molecule has 4 heteroatoms. The van der Waals surface area contributed by atoms with Gasteiger partial charge in [-0.25, -0.2) is 0 Å². The average molecular weight is 202 g/mol. The Labute approximate surface area is 89.7 Å². The van der Waals surface area contributed by atoms with Crippen molar-refractivity contribution in [3.05, 3.63) is 18.0 Å². The molecule has 0 atom stereocenters. The van der Waals surface area contributed by atoms with Crippen LogP contribution in [0.25, 0.3) is 0 Å². The molecule has 4 nitrogen and oxygen atoms in total. The van der Waals surface area contributed by atoms with Crippen LogP contribution in [0.5, 0.6) is 0 Å². The summed E-state index contributed by atoms with van der Waals surface area (Å²) >= 11 is 0. The van der Waals surface area contributed by atoms with E-state index in [0.717, 1.165) is 5.56 Å². The van der Waals surface area contributed by atoms with E-state index in [1.54, 1.807) is 10.9 Å². The normalized spacial score (nSPS) is 10.3. The van der Waals surface area contributed by atoms with Crippen LogP contribution in [0.1, 0.15) is 44.2 Å². The third-order valence-electron chi connectivity index (χ3n) is 2.32. The summed E-state index contributed by atoms with van der Waals surface area (Å²) in [6.45, 7) is 4.18. The van der Waals surface area contributed by atoms with Gasteiger partial charge in [0.05, 0.1) is 37.2 Å². The van der Waals surface area contributed by atoms with Crippen molar-refractivity contribution in [3.63, 3.8) is 0 Å². The molecule has 15 heavy (non-hydrogen) atoms. The minimum absolute atomic E-state index is 0.118. The van der Waals surface area contributed by atoms with E-state index in [9.17, 15) is 0 Å². The highest BCUT2D eigenvalue weighted by atomic mass is 15.3. The Morgan fingerprint density at radius 3 is 2.33 bits per heavy atom. The van der Waals surface area contributed by atoms with Crippen LogP contribution < -0.4 is 0 Å². The van der Waals surface area contributed by atoms with Crippen LogP contribution in [0.2, 0.25) is 0 Å². The van der Waals surface area contributed by atoms with Gasteiger partial charge in [0.15, 0.2) is 0 Å².